The van der Waals surface area contributed by atoms with E-state index in [9.17, 15) is 19.7 Å². The molecule has 3 heterocycles. The van der Waals surface area contributed by atoms with Crippen LogP contribution >= 0.6 is 46.3 Å². The van der Waals surface area contributed by atoms with E-state index >= 15 is 0 Å². The van der Waals surface area contributed by atoms with Gasteiger partial charge in [-0.15, -0.1) is 5.10 Å². The largest absolute Gasteiger partial charge is 0.496 e. The van der Waals surface area contributed by atoms with Crippen LogP contribution in [0.1, 0.15) is 31.0 Å². The fraction of sp³-hybridized carbons (Fsp3) is 0.156. The number of fused-ring (bicyclic) bond motifs is 1. The summed E-state index contributed by atoms with van der Waals surface area (Å²) in [6.45, 7) is 3.52. The Morgan fingerprint density at radius 2 is 1.98 bits per heavy atom. The lowest BCUT2D eigenvalue weighted by atomic mass is 9.95. The zero-order valence-corrected chi connectivity index (χ0v) is 28.5. The van der Waals surface area contributed by atoms with Crippen LogP contribution in [0.3, 0.4) is 0 Å². The molecule has 0 amide bonds. The Kier molecular flexibility index (Phi) is 9.51. The van der Waals surface area contributed by atoms with Crippen molar-refractivity contribution in [3.63, 3.8) is 0 Å². The van der Waals surface area contributed by atoms with Gasteiger partial charge in [0.15, 0.2) is 10.6 Å². The molecule has 0 aliphatic carbocycles. The summed E-state index contributed by atoms with van der Waals surface area (Å²) in [7, 11) is 1.51. The van der Waals surface area contributed by atoms with E-state index in [-0.39, 0.29) is 32.5 Å². The third kappa shape index (κ3) is 6.39. The smallest absolute Gasteiger partial charge is 0.338 e. The number of nitrogens with one attached hydrogen (secondary N) is 1. The molecule has 0 saturated carbocycles. The summed E-state index contributed by atoms with van der Waals surface area (Å²) in [5, 5.41) is 20.2. The molecule has 0 bridgehead atoms. The standard InChI is InChI=1S/C32H24Cl2N6O6S2/c1-4-46-30(42)26-16(2)35-32-39(27(26)20-7-5-6-8-23(20)45-3)29(41)25(48-32)14-17-9-12-24(22(13-17)40(43)44)47-31-36-28(37-38-31)19-11-10-18(33)15-21(19)34/h5-15,27H,4H2,1-3H3,(H,36,37,38)/b25-14+/t27-/m0/s1. The van der Waals surface area contributed by atoms with Gasteiger partial charge in [0, 0.05) is 22.2 Å². The normalized spacial score (nSPS) is 14.4. The van der Waals surface area contributed by atoms with E-state index in [1.807, 2.05) is 0 Å². The molecule has 0 fully saturated rings. The maximum Gasteiger partial charge on any atom is 0.338 e. The number of benzene rings is 3. The number of nitro groups is 1. The average Bonchev–Trinajstić information content (AvgIpc) is 3.64. The SMILES string of the molecule is CCOC(=O)C1=C(C)N=c2s/c(=C/c3ccc(Sc4n[nH]c(-c5ccc(Cl)cc5Cl)n4)c([N+](=O)[O-])c3)c(=O)n2[C@H]1c1ccccc1OC. The molecule has 3 aromatic carbocycles. The number of para-hydroxylation sites is 1. The van der Waals surface area contributed by atoms with Gasteiger partial charge >= 0.3 is 5.97 Å². The van der Waals surface area contributed by atoms with Gasteiger partial charge in [-0.3, -0.25) is 24.6 Å². The maximum absolute atomic E-state index is 14.0. The van der Waals surface area contributed by atoms with E-state index in [1.54, 1.807) is 74.5 Å². The van der Waals surface area contributed by atoms with Gasteiger partial charge in [0.25, 0.3) is 11.2 Å². The Bertz CT molecular complexity index is 2320. The van der Waals surface area contributed by atoms with E-state index in [4.69, 9.17) is 32.7 Å². The summed E-state index contributed by atoms with van der Waals surface area (Å²) in [6, 6.07) is 15.8. The molecule has 0 unspecified atom stereocenters. The number of halogens is 2. The predicted molar refractivity (Wildman–Crippen MR) is 182 cm³/mol. The maximum atomic E-state index is 14.0. The Hall–Kier alpha value is -4.76. The fourth-order valence-corrected chi connectivity index (χ4v) is 7.52. The summed E-state index contributed by atoms with van der Waals surface area (Å²) in [6.07, 6.45) is 1.56. The highest BCUT2D eigenvalue weighted by molar-refractivity contribution is 7.99. The fourth-order valence-electron chi connectivity index (χ4n) is 5.18. The third-order valence-corrected chi connectivity index (χ3v) is 9.74. The van der Waals surface area contributed by atoms with Gasteiger partial charge in [-0.25, -0.2) is 14.8 Å². The van der Waals surface area contributed by atoms with Crippen molar-refractivity contribution in [2.45, 2.75) is 29.9 Å². The topological polar surface area (TPSA) is 155 Å². The average molecular weight is 724 g/mol. The molecule has 16 heteroatoms. The molecule has 1 N–H and O–H groups in total. The van der Waals surface area contributed by atoms with Crippen LogP contribution in [0.4, 0.5) is 5.69 Å². The number of ether oxygens (including phenoxy) is 2. The second-order valence-corrected chi connectivity index (χ2v) is 13.1. The Balaban J connectivity index is 1.39. The van der Waals surface area contributed by atoms with Crippen molar-refractivity contribution in [2.24, 2.45) is 4.99 Å². The monoisotopic (exact) mass is 722 g/mol. The number of thiazole rings is 1. The van der Waals surface area contributed by atoms with E-state index in [2.05, 4.69) is 20.2 Å². The van der Waals surface area contributed by atoms with Crippen LogP contribution in [0.25, 0.3) is 17.5 Å². The third-order valence-electron chi connectivity index (χ3n) is 7.28. The van der Waals surface area contributed by atoms with Crippen LogP contribution in [0.5, 0.6) is 5.75 Å². The van der Waals surface area contributed by atoms with E-state index in [0.717, 1.165) is 23.1 Å². The molecule has 12 nitrogen and oxygen atoms in total. The minimum atomic E-state index is -0.874. The summed E-state index contributed by atoms with van der Waals surface area (Å²) in [5.41, 5.74) is 1.55. The number of carbonyl (C=O) groups is 1. The molecular weight excluding hydrogens is 699 g/mol. The molecule has 6 rings (SSSR count). The second kappa shape index (κ2) is 13.8. The van der Waals surface area contributed by atoms with Gasteiger partial charge < -0.3 is 9.47 Å². The van der Waals surface area contributed by atoms with Crippen molar-refractivity contribution in [2.75, 3.05) is 13.7 Å². The summed E-state index contributed by atoms with van der Waals surface area (Å²) in [4.78, 5) is 48.5. The summed E-state index contributed by atoms with van der Waals surface area (Å²) in [5.74, 6) is 0.260. The van der Waals surface area contributed by atoms with Crippen LogP contribution in [0.2, 0.25) is 10.0 Å². The highest BCUT2D eigenvalue weighted by Gasteiger charge is 2.35. The van der Waals surface area contributed by atoms with Crippen LogP contribution in [0, 0.1) is 10.1 Å². The van der Waals surface area contributed by atoms with Gasteiger partial charge in [-0.05, 0) is 67.6 Å². The van der Waals surface area contributed by atoms with Gasteiger partial charge in [0.2, 0.25) is 5.16 Å². The zero-order chi connectivity index (χ0) is 34.1. The highest BCUT2D eigenvalue weighted by atomic mass is 35.5. The molecule has 0 radical (unpaired) electrons. The quantitative estimate of drug-likeness (QED) is 0.110. The lowest BCUT2D eigenvalue weighted by molar-refractivity contribution is -0.387. The first-order valence-electron chi connectivity index (χ1n) is 14.3. The number of H-pyrrole nitrogens is 1. The number of allylic oxidation sites excluding steroid dienone is 1. The first-order valence-corrected chi connectivity index (χ1v) is 16.6. The number of hydrogen-bond acceptors (Lipinski definition) is 11. The van der Waals surface area contributed by atoms with Crippen LogP contribution < -0.4 is 19.6 Å². The summed E-state index contributed by atoms with van der Waals surface area (Å²) >= 11 is 14.4. The van der Waals surface area contributed by atoms with Gasteiger partial charge in [-0.2, -0.15) is 0 Å². The molecule has 244 valence electrons. The zero-order valence-electron chi connectivity index (χ0n) is 25.4. The van der Waals surface area contributed by atoms with Gasteiger partial charge in [0.1, 0.15) is 11.8 Å². The van der Waals surface area contributed by atoms with Gasteiger partial charge in [0.05, 0.1) is 44.4 Å². The number of carbonyl (C=O) groups excluding carboxylic acids is 1. The minimum Gasteiger partial charge on any atom is -0.496 e. The number of nitro benzene ring substituents is 1. The number of nitrogens with zero attached hydrogens (tertiary/aromatic N) is 5. The summed E-state index contributed by atoms with van der Waals surface area (Å²) < 4.78 is 12.6. The molecule has 5 aromatic rings. The van der Waals surface area contributed by atoms with Crippen LogP contribution in [-0.4, -0.2) is 44.4 Å². The number of esters is 1. The Morgan fingerprint density at radius 3 is 2.71 bits per heavy atom. The molecule has 0 spiro atoms. The number of aromatic amines is 1. The Labute approximate surface area is 290 Å². The predicted octanol–water partition coefficient (Wildman–Crippen LogP) is 5.96. The van der Waals surface area contributed by atoms with E-state index < -0.39 is 22.5 Å². The Morgan fingerprint density at radius 1 is 1.19 bits per heavy atom. The van der Waals surface area contributed by atoms with Crippen molar-refractivity contribution >= 4 is 64.0 Å². The first kappa shape index (κ1) is 33.2. The van der Waals surface area contributed by atoms with E-state index in [1.165, 1.54) is 17.7 Å². The van der Waals surface area contributed by atoms with E-state index in [0.29, 0.717) is 48.8 Å². The molecule has 1 atom stereocenters. The van der Waals surface area contributed by atoms with Crippen molar-refractivity contribution < 1.29 is 19.2 Å². The van der Waals surface area contributed by atoms with Gasteiger partial charge in [-0.1, -0.05) is 58.8 Å². The number of methoxy groups -OCH3 is 1. The lowest BCUT2D eigenvalue weighted by Crippen LogP contribution is -2.40. The number of hydrogen-bond donors (Lipinski definition) is 1. The molecule has 1 aliphatic rings. The highest BCUT2D eigenvalue weighted by Crippen LogP contribution is 2.37. The molecular formula is C32H24Cl2N6O6S2. The van der Waals surface area contributed by atoms with Crippen molar-refractivity contribution in [3.05, 3.63) is 123 Å². The number of aromatic nitrogens is 4. The number of rotatable bonds is 9. The van der Waals surface area contributed by atoms with Crippen LogP contribution in [0.15, 0.2) is 91.8 Å². The van der Waals surface area contributed by atoms with Crippen molar-refractivity contribution in [1.82, 2.24) is 19.7 Å². The molecule has 1 aliphatic heterocycles. The minimum absolute atomic E-state index is 0.139. The van der Waals surface area contributed by atoms with Crippen LogP contribution in [-0.2, 0) is 9.53 Å². The van der Waals surface area contributed by atoms with Crippen molar-refractivity contribution in [1.29, 1.82) is 0 Å². The second-order valence-electron chi connectivity index (χ2n) is 10.2. The first-order chi connectivity index (χ1) is 23.1. The molecule has 2 aromatic heterocycles. The van der Waals surface area contributed by atoms with Crippen molar-refractivity contribution in [3.8, 4) is 17.1 Å². The molecule has 0 saturated heterocycles. The molecule has 48 heavy (non-hydrogen) atoms. The lowest BCUT2D eigenvalue weighted by Gasteiger charge is -2.25.